The van der Waals surface area contributed by atoms with Crippen LogP contribution in [0.3, 0.4) is 0 Å². The zero-order chi connectivity index (χ0) is 11.1. The van der Waals surface area contributed by atoms with Gasteiger partial charge in [0, 0.05) is 30.7 Å². The summed E-state index contributed by atoms with van der Waals surface area (Å²) in [5.41, 5.74) is 0.682. The van der Waals surface area contributed by atoms with Gasteiger partial charge in [0.15, 0.2) is 0 Å². The highest BCUT2D eigenvalue weighted by atomic mass is 15.3. The summed E-state index contributed by atoms with van der Waals surface area (Å²) >= 11 is 0. The maximum absolute atomic E-state index is 3.68. The Hall–Kier alpha value is -0.0800. The molecule has 1 unspecified atom stereocenters. The Morgan fingerprint density at radius 3 is 2.47 bits per heavy atom. The zero-order valence-corrected chi connectivity index (χ0v) is 10.8. The molecule has 0 amide bonds. The number of nitrogens with zero attached hydrogens (tertiary/aromatic N) is 1. The molecule has 88 valence electrons. The van der Waals surface area contributed by atoms with E-state index >= 15 is 0 Å². The van der Waals surface area contributed by atoms with Gasteiger partial charge in [-0.3, -0.25) is 4.90 Å². The number of rotatable bonds is 3. The maximum Gasteiger partial charge on any atom is 0.0304 e. The van der Waals surface area contributed by atoms with E-state index in [0.717, 1.165) is 12.5 Å². The lowest BCUT2D eigenvalue weighted by molar-refractivity contribution is 0.0206. The second kappa shape index (κ2) is 3.74. The summed E-state index contributed by atoms with van der Waals surface area (Å²) in [6.07, 6.45) is 4.18. The first-order valence-corrected chi connectivity index (χ1v) is 6.45. The van der Waals surface area contributed by atoms with Crippen LogP contribution in [0.1, 0.15) is 47.0 Å². The molecule has 1 saturated heterocycles. The Bertz CT molecular complexity index is 233. The Kier molecular flexibility index (Phi) is 2.85. The molecule has 2 fully saturated rings. The number of piperazine rings is 1. The highest BCUT2D eigenvalue weighted by Crippen LogP contribution is 2.35. The molecule has 0 aromatic rings. The van der Waals surface area contributed by atoms with Gasteiger partial charge in [0.05, 0.1) is 0 Å². The van der Waals surface area contributed by atoms with Crippen LogP contribution in [0.5, 0.6) is 0 Å². The molecule has 1 saturated carbocycles. The zero-order valence-electron chi connectivity index (χ0n) is 10.8. The molecule has 15 heavy (non-hydrogen) atoms. The molecule has 1 aliphatic carbocycles. The Morgan fingerprint density at radius 1 is 1.27 bits per heavy atom. The van der Waals surface area contributed by atoms with Crippen LogP contribution in [-0.2, 0) is 0 Å². The van der Waals surface area contributed by atoms with E-state index in [-0.39, 0.29) is 0 Å². The van der Waals surface area contributed by atoms with E-state index in [1.54, 1.807) is 0 Å². The van der Waals surface area contributed by atoms with Crippen LogP contribution < -0.4 is 5.32 Å². The van der Waals surface area contributed by atoms with Gasteiger partial charge in [-0.1, -0.05) is 6.92 Å². The van der Waals surface area contributed by atoms with Crippen LogP contribution in [0.25, 0.3) is 0 Å². The van der Waals surface area contributed by atoms with Crippen molar-refractivity contribution in [2.45, 2.75) is 58.0 Å². The van der Waals surface area contributed by atoms with Crippen molar-refractivity contribution in [2.75, 3.05) is 19.6 Å². The maximum atomic E-state index is 3.68. The molecule has 0 aromatic carbocycles. The van der Waals surface area contributed by atoms with E-state index in [9.17, 15) is 0 Å². The third-order valence-corrected chi connectivity index (χ3v) is 4.23. The van der Waals surface area contributed by atoms with Crippen molar-refractivity contribution in [1.29, 1.82) is 0 Å². The largest absolute Gasteiger partial charge is 0.309 e. The summed E-state index contributed by atoms with van der Waals surface area (Å²) in [5, 5.41) is 3.68. The van der Waals surface area contributed by atoms with Crippen LogP contribution in [0.2, 0.25) is 0 Å². The quantitative estimate of drug-likeness (QED) is 0.768. The third-order valence-electron chi connectivity index (χ3n) is 4.23. The van der Waals surface area contributed by atoms with Gasteiger partial charge in [-0.25, -0.2) is 0 Å². The minimum Gasteiger partial charge on any atom is -0.309 e. The van der Waals surface area contributed by atoms with Gasteiger partial charge in [-0.05, 0) is 46.0 Å². The topological polar surface area (TPSA) is 15.3 Å². The first-order chi connectivity index (χ1) is 6.95. The van der Waals surface area contributed by atoms with Gasteiger partial charge in [-0.15, -0.1) is 0 Å². The molecule has 0 aromatic heterocycles. The molecule has 2 rings (SSSR count). The molecule has 1 atom stereocenters. The third kappa shape index (κ3) is 2.54. The lowest BCUT2D eigenvalue weighted by atomic mass is 9.87. The van der Waals surface area contributed by atoms with Crippen LogP contribution >= 0.6 is 0 Å². The van der Waals surface area contributed by atoms with Gasteiger partial charge in [-0.2, -0.15) is 0 Å². The van der Waals surface area contributed by atoms with Crippen LogP contribution in [0.15, 0.2) is 0 Å². The predicted molar refractivity (Wildman–Crippen MR) is 65.1 cm³/mol. The summed E-state index contributed by atoms with van der Waals surface area (Å²) < 4.78 is 0. The number of hydrogen-bond acceptors (Lipinski definition) is 2. The average Bonchev–Trinajstić information content (AvgIpc) is 2.95. The molecule has 1 N–H and O–H groups in total. The monoisotopic (exact) mass is 210 g/mol. The Morgan fingerprint density at radius 2 is 1.93 bits per heavy atom. The van der Waals surface area contributed by atoms with Crippen molar-refractivity contribution in [3.05, 3.63) is 0 Å². The molecule has 2 heteroatoms. The molecule has 0 bridgehead atoms. The van der Waals surface area contributed by atoms with Crippen molar-refractivity contribution < 1.29 is 0 Å². The second-order valence-electron chi connectivity index (χ2n) is 6.41. The average molecular weight is 210 g/mol. The highest BCUT2D eigenvalue weighted by Gasteiger charge is 2.41. The first-order valence-electron chi connectivity index (χ1n) is 6.45. The minimum atomic E-state index is 0.295. The fourth-order valence-electron chi connectivity index (χ4n) is 2.51. The summed E-state index contributed by atoms with van der Waals surface area (Å²) in [4.78, 5) is 2.74. The Balaban J connectivity index is 2.04. The smallest absolute Gasteiger partial charge is 0.0304 e. The van der Waals surface area contributed by atoms with E-state index in [0.29, 0.717) is 11.1 Å². The molecule has 0 radical (unpaired) electrons. The Labute approximate surface area is 94.4 Å². The van der Waals surface area contributed by atoms with E-state index in [2.05, 4.69) is 37.9 Å². The first kappa shape index (κ1) is 11.4. The van der Waals surface area contributed by atoms with Crippen LogP contribution in [0, 0.1) is 5.92 Å². The number of hydrogen-bond donors (Lipinski definition) is 1. The van der Waals surface area contributed by atoms with Crippen molar-refractivity contribution >= 4 is 0 Å². The van der Waals surface area contributed by atoms with E-state index in [1.807, 2.05) is 0 Å². The summed E-state index contributed by atoms with van der Waals surface area (Å²) in [5.74, 6) is 1.00. The van der Waals surface area contributed by atoms with E-state index < -0.39 is 0 Å². The van der Waals surface area contributed by atoms with E-state index in [1.165, 1.54) is 32.4 Å². The van der Waals surface area contributed by atoms with Crippen molar-refractivity contribution in [3.8, 4) is 0 Å². The van der Waals surface area contributed by atoms with Crippen LogP contribution in [-0.4, -0.2) is 35.6 Å². The second-order valence-corrected chi connectivity index (χ2v) is 6.41. The number of nitrogens with one attached hydrogen (secondary N) is 1. The summed E-state index contributed by atoms with van der Waals surface area (Å²) in [6.45, 7) is 13.0. The molecule has 1 aliphatic heterocycles. The minimum absolute atomic E-state index is 0.295. The summed E-state index contributed by atoms with van der Waals surface area (Å²) in [7, 11) is 0. The predicted octanol–water partition coefficient (Wildman–Crippen LogP) is 2.25. The van der Waals surface area contributed by atoms with Gasteiger partial charge >= 0.3 is 0 Å². The molecule has 2 aliphatic rings. The molecule has 2 nitrogen and oxygen atoms in total. The summed E-state index contributed by atoms with van der Waals surface area (Å²) in [6, 6.07) is 0. The van der Waals surface area contributed by atoms with Gasteiger partial charge in [0.2, 0.25) is 0 Å². The molecular weight excluding hydrogens is 184 g/mol. The standard InChI is InChI=1S/C13H26N2/c1-5-13(4)9-14-12(2,3)10-15(13)8-11-6-7-11/h11,14H,5-10H2,1-4H3. The molecule has 0 spiro atoms. The fourth-order valence-corrected chi connectivity index (χ4v) is 2.51. The van der Waals surface area contributed by atoms with Crippen molar-refractivity contribution in [1.82, 2.24) is 10.2 Å². The van der Waals surface area contributed by atoms with Crippen molar-refractivity contribution in [2.24, 2.45) is 5.92 Å². The van der Waals surface area contributed by atoms with E-state index in [4.69, 9.17) is 0 Å². The van der Waals surface area contributed by atoms with Gasteiger partial charge in [0.1, 0.15) is 0 Å². The normalized spacial score (nSPS) is 36.8. The lowest BCUT2D eigenvalue weighted by Crippen LogP contribution is -2.67. The van der Waals surface area contributed by atoms with Gasteiger partial charge in [0.25, 0.3) is 0 Å². The van der Waals surface area contributed by atoms with Crippen molar-refractivity contribution in [3.63, 3.8) is 0 Å². The van der Waals surface area contributed by atoms with Gasteiger partial charge < -0.3 is 5.32 Å². The lowest BCUT2D eigenvalue weighted by Gasteiger charge is -2.51. The highest BCUT2D eigenvalue weighted by molar-refractivity contribution is 5.00. The van der Waals surface area contributed by atoms with Crippen LogP contribution in [0.4, 0.5) is 0 Å². The SMILES string of the molecule is CCC1(C)CNC(C)(C)CN1CC1CC1. The fraction of sp³-hybridized carbons (Fsp3) is 1.00. The molecular formula is C13H26N2. The molecule has 1 heterocycles.